The Morgan fingerprint density at radius 1 is 1.43 bits per heavy atom. The third kappa shape index (κ3) is 18.0. The summed E-state index contributed by atoms with van der Waals surface area (Å²) in [6.07, 6.45) is 1.18. The standard InChI is InChI=1S/C8H16NO2.ClH.H2O.Zn/c1-5-8(10)11-7-6-9(2,3)4;;;/h5H,1,6-7H2,2-4H3;1H;1H2;/q+1;;;. The molecule has 0 aromatic heterocycles. The van der Waals surface area contributed by atoms with E-state index in [1.54, 1.807) is 0 Å². The number of likely N-dealkylation sites (N-methyl/N-ethyl adjacent to an activating group) is 1. The predicted molar refractivity (Wildman–Crippen MR) is 54.9 cm³/mol. The second-order valence-electron chi connectivity index (χ2n) is 3.39. The molecule has 0 radical (unpaired) electrons. The molecule has 0 saturated carbocycles. The maximum Gasteiger partial charge on any atom is 0.330 e. The monoisotopic (exact) mass is 276 g/mol. The van der Waals surface area contributed by atoms with E-state index in [2.05, 4.69) is 6.58 Å². The summed E-state index contributed by atoms with van der Waals surface area (Å²) in [5, 5.41) is 0. The minimum Gasteiger partial charge on any atom is -0.457 e. The van der Waals surface area contributed by atoms with Crippen LogP contribution >= 0.6 is 12.4 Å². The Labute approximate surface area is 104 Å². The maximum atomic E-state index is 10.6. The molecule has 0 atom stereocenters. The fourth-order valence-corrected chi connectivity index (χ4v) is 0.479. The number of carbonyl (C=O) groups is 1. The number of quaternary nitrogens is 1. The molecule has 82 valence electrons. The SMILES string of the molecule is C=CC(=O)OCC[N+](C)(C)C.Cl.O.[Zn]. The number of ether oxygens (including phenoxy) is 1. The Balaban J connectivity index is -0.000000167. The first-order valence-corrected chi connectivity index (χ1v) is 3.55. The Morgan fingerprint density at radius 2 is 1.86 bits per heavy atom. The maximum absolute atomic E-state index is 10.6. The molecule has 4 nitrogen and oxygen atoms in total. The summed E-state index contributed by atoms with van der Waals surface area (Å²) in [4.78, 5) is 10.6. The number of carbonyl (C=O) groups excluding carboxylic acids is 1. The molecule has 0 amide bonds. The van der Waals surface area contributed by atoms with E-state index in [1.165, 1.54) is 6.08 Å². The van der Waals surface area contributed by atoms with Gasteiger partial charge in [-0.15, -0.1) is 12.4 Å². The minimum atomic E-state index is -0.349. The van der Waals surface area contributed by atoms with Crippen LogP contribution in [0.3, 0.4) is 0 Å². The van der Waals surface area contributed by atoms with Crippen LogP contribution in [-0.4, -0.2) is 50.2 Å². The fourth-order valence-electron chi connectivity index (χ4n) is 0.479. The third-order valence-electron chi connectivity index (χ3n) is 1.17. The van der Waals surface area contributed by atoms with E-state index in [4.69, 9.17) is 4.74 Å². The molecule has 6 heteroatoms. The van der Waals surface area contributed by atoms with Crippen LogP contribution in [0.4, 0.5) is 0 Å². The zero-order chi connectivity index (χ0) is 8.91. The quantitative estimate of drug-likeness (QED) is 0.315. The first-order chi connectivity index (χ1) is 4.95. The van der Waals surface area contributed by atoms with E-state index in [-0.39, 0.29) is 43.3 Å². The fraction of sp³-hybridized carbons (Fsp3) is 0.625. The van der Waals surface area contributed by atoms with Crippen molar-refractivity contribution in [2.45, 2.75) is 0 Å². The van der Waals surface area contributed by atoms with Gasteiger partial charge in [-0.05, 0) is 0 Å². The van der Waals surface area contributed by atoms with Crippen LogP contribution in [0.15, 0.2) is 12.7 Å². The van der Waals surface area contributed by atoms with Crippen LogP contribution < -0.4 is 0 Å². The smallest absolute Gasteiger partial charge is 0.330 e. The Bertz CT molecular complexity index is 159. The molecule has 0 aromatic carbocycles. The first kappa shape index (κ1) is 23.7. The van der Waals surface area contributed by atoms with Gasteiger partial charge in [0.15, 0.2) is 0 Å². The summed E-state index contributed by atoms with van der Waals surface area (Å²) in [5.41, 5.74) is 0. The second-order valence-corrected chi connectivity index (χ2v) is 3.39. The van der Waals surface area contributed by atoms with E-state index < -0.39 is 0 Å². The Kier molecular flexibility index (Phi) is 18.8. The number of rotatable bonds is 4. The summed E-state index contributed by atoms with van der Waals surface area (Å²) in [6, 6.07) is 0. The number of esters is 1. The van der Waals surface area contributed by atoms with Crippen molar-refractivity contribution in [2.24, 2.45) is 0 Å². The van der Waals surface area contributed by atoms with Crippen LogP contribution in [-0.2, 0) is 29.0 Å². The molecule has 0 saturated heterocycles. The Morgan fingerprint density at radius 3 is 2.14 bits per heavy atom. The van der Waals surface area contributed by atoms with E-state index >= 15 is 0 Å². The average molecular weight is 278 g/mol. The first-order valence-electron chi connectivity index (χ1n) is 3.55. The van der Waals surface area contributed by atoms with E-state index in [0.717, 1.165) is 11.0 Å². The van der Waals surface area contributed by atoms with Crippen molar-refractivity contribution in [3.05, 3.63) is 12.7 Å². The van der Waals surface area contributed by atoms with Crippen molar-refractivity contribution in [1.82, 2.24) is 0 Å². The van der Waals surface area contributed by atoms with Gasteiger partial charge in [0.25, 0.3) is 0 Å². The predicted octanol–water partition coefficient (Wildman–Crippen LogP) is 0.0164. The summed E-state index contributed by atoms with van der Waals surface area (Å²) < 4.78 is 5.59. The molecule has 0 aromatic rings. The molecule has 0 bridgehead atoms. The van der Waals surface area contributed by atoms with Gasteiger partial charge in [0, 0.05) is 25.6 Å². The topological polar surface area (TPSA) is 57.8 Å². The van der Waals surface area contributed by atoms with Crippen molar-refractivity contribution >= 4 is 18.4 Å². The molecule has 0 unspecified atom stereocenters. The van der Waals surface area contributed by atoms with Crippen LogP contribution in [0.25, 0.3) is 0 Å². The van der Waals surface area contributed by atoms with Gasteiger partial charge in [0.2, 0.25) is 0 Å². The van der Waals surface area contributed by atoms with Crippen molar-refractivity contribution in [2.75, 3.05) is 34.3 Å². The van der Waals surface area contributed by atoms with Crippen molar-refractivity contribution in [1.29, 1.82) is 0 Å². The normalized spacial score (nSPS) is 8.50. The van der Waals surface area contributed by atoms with Crippen molar-refractivity contribution in [3.8, 4) is 0 Å². The molecule has 0 aliphatic heterocycles. The average Bonchev–Trinajstić information content (AvgIpc) is 1.85. The summed E-state index contributed by atoms with van der Waals surface area (Å²) in [7, 11) is 6.13. The van der Waals surface area contributed by atoms with Crippen LogP contribution in [0, 0.1) is 0 Å². The summed E-state index contributed by atoms with van der Waals surface area (Å²) in [5.74, 6) is -0.349. The largest absolute Gasteiger partial charge is 0.457 e. The molecule has 2 N–H and O–H groups in total. The van der Waals surface area contributed by atoms with E-state index in [1.807, 2.05) is 21.1 Å². The van der Waals surface area contributed by atoms with Gasteiger partial charge in [0.1, 0.15) is 13.2 Å². The van der Waals surface area contributed by atoms with Gasteiger partial charge in [-0.1, -0.05) is 6.58 Å². The molecule has 0 aliphatic rings. The van der Waals surface area contributed by atoms with Gasteiger partial charge in [-0.3, -0.25) is 0 Å². The molecule has 0 fully saturated rings. The summed E-state index contributed by atoms with van der Waals surface area (Å²) in [6.45, 7) is 4.57. The van der Waals surface area contributed by atoms with Crippen LogP contribution in [0.2, 0.25) is 0 Å². The second kappa shape index (κ2) is 11.1. The molecule has 14 heavy (non-hydrogen) atoms. The summed E-state index contributed by atoms with van der Waals surface area (Å²) >= 11 is 0. The van der Waals surface area contributed by atoms with Crippen LogP contribution in [0.5, 0.6) is 0 Å². The van der Waals surface area contributed by atoms with Crippen LogP contribution in [0.1, 0.15) is 0 Å². The Hall–Kier alpha value is 0.0434. The third-order valence-corrected chi connectivity index (χ3v) is 1.17. The zero-order valence-electron chi connectivity index (χ0n) is 9.08. The molecule has 0 spiro atoms. The number of hydrogen-bond acceptors (Lipinski definition) is 2. The van der Waals surface area contributed by atoms with Gasteiger partial charge in [-0.2, -0.15) is 0 Å². The van der Waals surface area contributed by atoms with Crippen molar-refractivity contribution < 1.29 is 39.0 Å². The van der Waals surface area contributed by atoms with E-state index in [9.17, 15) is 4.79 Å². The van der Waals surface area contributed by atoms with Gasteiger partial charge >= 0.3 is 5.97 Å². The van der Waals surface area contributed by atoms with Gasteiger partial charge in [-0.25, -0.2) is 4.79 Å². The molecule has 0 heterocycles. The molecule has 0 aliphatic carbocycles. The van der Waals surface area contributed by atoms with E-state index in [0.29, 0.717) is 6.61 Å². The number of halogens is 1. The minimum absolute atomic E-state index is 0. The molecular formula is C8H19ClNO3Zn+. The van der Waals surface area contributed by atoms with Crippen molar-refractivity contribution in [3.63, 3.8) is 0 Å². The molecule has 0 rings (SSSR count). The number of hydrogen-bond donors (Lipinski definition) is 0. The van der Waals surface area contributed by atoms with Gasteiger partial charge < -0.3 is 14.7 Å². The zero-order valence-corrected chi connectivity index (χ0v) is 12.9. The number of nitrogens with zero attached hydrogens (tertiary/aromatic N) is 1. The molecular weight excluding hydrogens is 259 g/mol. The van der Waals surface area contributed by atoms with Gasteiger partial charge in [0.05, 0.1) is 21.1 Å².